The Balaban J connectivity index is 2.19. The number of hydrogen-bond donors (Lipinski definition) is 0. The van der Waals surface area contributed by atoms with E-state index in [4.69, 9.17) is 0 Å². The summed E-state index contributed by atoms with van der Waals surface area (Å²) < 4.78 is 24.6. The summed E-state index contributed by atoms with van der Waals surface area (Å²) in [5.74, 6) is 0.0246. The maximum atomic E-state index is 12.3. The normalized spacial score (nSPS) is 23.3. The van der Waals surface area contributed by atoms with E-state index in [2.05, 4.69) is 0 Å². The summed E-state index contributed by atoms with van der Waals surface area (Å²) >= 11 is 1.47. The molecule has 0 N–H and O–H groups in total. The summed E-state index contributed by atoms with van der Waals surface area (Å²) in [5, 5.41) is 1.45. The van der Waals surface area contributed by atoms with Crippen molar-refractivity contribution in [2.75, 3.05) is 18.8 Å². The second kappa shape index (κ2) is 5.63. The number of hydrogen-bond acceptors (Lipinski definition) is 4. The van der Waals surface area contributed by atoms with E-state index < -0.39 is 15.1 Å². The van der Waals surface area contributed by atoms with Crippen molar-refractivity contribution in [3.63, 3.8) is 0 Å². The van der Waals surface area contributed by atoms with Crippen LogP contribution in [0.4, 0.5) is 0 Å². The third-order valence-electron chi connectivity index (χ3n) is 3.41. The molecular formula is C13H19NO3S2. The topological polar surface area (TPSA) is 54.5 Å². The molecule has 4 nitrogen and oxygen atoms in total. The average Bonchev–Trinajstić information content (AvgIpc) is 2.80. The Bertz CT molecular complexity index is 534. The molecule has 1 unspecified atom stereocenters. The fourth-order valence-electron chi connectivity index (χ4n) is 2.32. The van der Waals surface area contributed by atoms with Crippen LogP contribution in [0, 0.1) is 5.92 Å². The molecule has 0 radical (unpaired) electrons. The van der Waals surface area contributed by atoms with E-state index in [9.17, 15) is 13.2 Å². The lowest BCUT2D eigenvalue weighted by atomic mass is 10.1. The van der Waals surface area contributed by atoms with Crippen LogP contribution in [0.3, 0.4) is 0 Å². The van der Waals surface area contributed by atoms with Crippen molar-refractivity contribution in [3.8, 4) is 0 Å². The molecule has 1 saturated heterocycles. The van der Waals surface area contributed by atoms with Gasteiger partial charge in [-0.2, -0.15) is 0 Å². The number of carbonyl (C=O) groups excluding carboxylic acids is 1. The van der Waals surface area contributed by atoms with E-state index in [0.717, 1.165) is 4.88 Å². The van der Waals surface area contributed by atoms with Crippen LogP contribution in [0.5, 0.6) is 0 Å². The Hall–Kier alpha value is -0.880. The Labute approximate surface area is 118 Å². The van der Waals surface area contributed by atoms with Gasteiger partial charge < -0.3 is 4.90 Å². The lowest BCUT2D eigenvalue weighted by molar-refractivity contribution is -0.134. The van der Waals surface area contributed by atoms with Gasteiger partial charge in [-0.25, -0.2) is 8.42 Å². The van der Waals surface area contributed by atoms with Crippen LogP contribution in [0.25, 0.3) is 0 Å². The Kier molecular flexibility index (Phi) is 4.30. The minimum atomic E-state index is -3.16. The number of nitrogens with zero attached hydrogens (tertiary/aromatic N) is 1. The first-order chi connectivity index (χ1) is 8.92. The van der Waals surface area contributed by atoms with Crippen molar-refractivity contribution in [2.24, 2.45) is 5.92 Å². The van der Waals surface area contributed by atoms with Crippen LogP contribution in [0.1, 0.15) is 30.4 Å². The van der Waals surface area contributed by atoms with E-state index in [0.29, 0.717) is 19.5 Å². The SMILES string of the molecule is CC(C)C(=O)N1CCC(c2cccs2)S(=O)(=O)CC1. The van der Waals surface area contributed by atoms with Crippen molar-refractivity contribution < 1.29 is 13.2 Å². The Morgan fingerprint density at radius 2 is 2.16 bits per heavy atom. The molecule has 0 saturated carbocycles. The first-order valence-electron chi connectivity index (χ1n) is 6.45. The predicted molar refractivity (Wildman–Crippen MR) is 76.9 cm³/mol. The van der Waals surface area contributed by atoms with Crippen molar-refractivity contribution in [1.29, 1.82) is 0 Å². The summed E-state index contributed by atoms with van der Waals surface area (Å²) in [6, 6.07) is 3.74. The van der Waals surface area contributed by atoms with Crippen LogP contribution < -0.4 is 0 Å². The minimum absolute atomic E-state index is 0.0435. The van der Waals surface area contributed by atoms with Gasteiger partial charge in [0.05, 0.1) is 11.0 Å². The Morgan fingerprint density at radius 3 is 2.74 bits per heavy atom. The van der Waals surface area contributed by atoms with E-state index in [1.165, 1.54) is 11.3 Å². The van der Waals surface area contributed by atoms with E-state index in [1.807, 2.05) is 31.4 Å². The first kappa shape index (κ1) is 14.5. The summed E-state index contributed by atoms with van der Waals surface area (Å²) in [7, 11) is -3.16. The molecule has 6 heteroatoms. The summed E-state index contributed by atoms with van der Waals surface area (Å²) in [6.45, 7) is 4.54. The summed E-state index contributed by atoms with van der Waals surface area (Å²) in [4.78, 5) is 14.6. The number of thiophene rings is 1. The van der Waals surface area contributed by atoms with Crippen LogP contribution in [-0.2, 0) is 14.6 Å². The van der Waals surface area contributed by atoms with Gasteiger partial charge in [0.1, 0.15) is 0 Å². The number of carbonyl (C=O) groups is 1. The van der Waals surface area contributed by atoms with Crippen molar-refractivity contribution in [2.45, 2.75) is 25.5 Å². The highest BCUT2D eigenvalue weighted by atomic mass is 32.2. The lowest BCUT2D eigenvalue weighted by Crippen LogP contribution is -2.36. The fourth-order valence-corrected chi connectivity index (χ4v) is 5.33. The zero-order valence-corrected chi connectivity index (χ0v) is 12.8. The molecule has 2 heterocycles. The molecule has 1 aromatic heterocycles. The zero-order chi connectivity index (χ0) is 14.0. The molecule has 1 aromatic rings. The minimum Gasteiger partial charge on any atom is -0.341 e. The molecule has 1 amide bonds. The van der Waals surface area contributed by atoms with Gasteiger partial charge in [-0.15, -0.1) is 11.3 Å². The van der Waals surface area contributed by atoms with E-state index in [-0.39, 0.29) is 17.6 Å². The van der Waals surface area contributed by atoms with Gasteiger partial charge in [-0.05, 0) is 17.9 Å². The van der Waals surface area contributed by atoms with E-state index in [1.54, 1.807) is 4.90 Å². The third-order valence-corrected chi connectivity index (χ3v) is 6.65. The first-order valence-corrected chi connectivity index (χ1v) is 9.05. The van der Waals surface area contributed by atoms with Crippen LogP contribution in [-0.4, -0.2) is 38.1 Å². The Morgan fingerprint density at radius 1 is 1.42 bits per heavy atom. The fraction of sp³-hybridized carbons (Fsp3) is 0.615. The maximum absolute atomic E-state index is 12.3. The molecule has 106 valence electrons. The summed E-state index contributed by atoms with van der Waals surface area (Å²) in [5.41, 5.74) is 0. The molecule has 19 heavy (non-hydrogen) atoms. The van der Waals surface area contributed by atoms with Gasteiger partial charge >= 0.3 is 0 Å². The monoisotopic (exact) mass is 301 g/mol. The predicted octanol–water partition coefficient (Wildman–Crippen LogP) is 2.09. The molecule has 2 rings (SSSR count). The van der Waals surface area contributed by atoms with Gasteiger partial charge in [0.15, 0.2) is 9.84 Å². The van der Waals surface area contributed by atoms with Crippen LogP contribution in [0.2, 0.25) is 0 Å². The van der Waals surface area contributed by atoms with Crippen LogP contribution >= 0.6 is 11.3 Å². The third kappa shape index (κ3) is 3.17. The lowest BCUT2D eigenvalue weighted by Gasteiger charge is -2.21. The standard InChI is InChI=1S/C13H19NO3S2/c1-10(2)13(15)14-6-5-12(11-4-3-8-18-11)19(16,17)9-7-14/h3-4,8,10,12H,5-7,9H2,1-2H3. The molecule has 1 aliphatic heterocycles. The number of amides is 1. The zero-order valence-electron chi connectivity index (χ0n) is 11.2. The van der Waals surface area contributed by atoms with Crippen molar-refractivity contribution in [3.05, 3.63) is 22.4 Å². The second-order valence-corrected chi connectivity index (χ2v) is 8.42. The van der Waals surface area contributed by atoms with Crippen molar-refractivity contribution >= 4 is 27.1 Å². The van der Waals surface area contributed by atoms with Gasteiger partial charge in [0.2, 0.25) is 5.91 Å². The highest BCUT2D eigenvalue weighted by Gasteiger charge is 2.33. The highest BCUT2D eigenvalue weighted by Crippen LogP contribution is 2.32. The molecular weight excluding hydrogens is 282 g/mol. The molecule has 1 atom stereocenters. The van der Waals surface area contributed by atoms with Crippen LogP contribution in [0.15, 0.2) is 17.5 Å². The molecule has 0 spiro atoms. The van der Waals surface area contributed by atoms with Gasteiger partial charge in [0, 0.05) is 23.9 Å². The smallest absolute Gasteiger partial charge is 0.225 e. The molecule has 1 aliphatic rings. The number of rotatable bonds is 2. The quantitative estimate of drug-likeness (QED) is 0.840. The highest BCUT2D eigenvalue weighted by molar-refractivity contribution is 7.91. The maximum Gasteiger partial charge on any atom is 0.225 e. The molecule has 0 bridgehead atoms. The van der Waals surface area contributed by atoms with Crippen molar-refractivity contribution in [1.82, 2.24) is 4.90 Å². The average molecular weight is 301 g/mol. The van der Waals surface area contributed by atoms with Gasteiger partial charge in [-0.1, -0.05) is 19.9 Å². The molecule has 1 fully saturated rings. The largest absolute Gasteiger partial charge is 0.341 e. The van der Waals surface area contributed by atoms with E-state index >= 15 is 0 Å². The molecule has 0 aliphatic carbocycles. The second-order valence-electron chi connectivity index (χ2n) is 5.14. The number of sulfone groups is 1. The summed E-state index contributed by atoms with van der Waals surface area (Å²) in [6.07, 6.45) is 0.501. The van der Waals surface area contributed by atoms with Gasteiger partial charge in [0.25, 0.3) is 0 Å². The van der Waals surface area contributed by atoms with Gasteiger partial charge in [-0.3, -0.25) is 4.79 Å². The molecule has 0 aromatic carbocycles.